The number of fused-ring (bicyclic) bond motifs is 1. The van der Waals surface area contributed by atoms with Crippen molar-refractivity contribution >= 4 is 0 Å². The van der Waals surface area contributed by atoms with Crippen LogP contribution in [0.2, 0.25) is 0 Å². The molecule has 98 valence electrons. The first-order chi connectivity index (χ1) is 9.28. The second-order valence-electron chi connectivity index (χ2n) is 5.04. The zero-order valence-corrected chi connectivity index (χ0v) is 10.9. The smallest absolute Gasteiger partial charge is 0.123 e. The fraction of sp³-hybridized carbons (Fsp3) is 0.312. The predicted octanol–water partition coefficient (Wildman–Crippen LogP) is 3.23. The summed E-state index contributed by atoms with van der Waals surface area (Å²) in [7, 11) is 0. The van der Waals surface area contributed by atoms with Gasteiger partial charge in [-0.3, -0.25) is 4.98 Å². The van der Waals surface area contributed by atoms with Crippen LogP contribution in [0.1, 0.15) is 36.1 Å². The number of nitrogens with one attached hydrogen (secondary N) is 1. The Balaban J connectivity index is 2.07. The van der Waals surface area contributed by atoms with Gasteiger partial charge in [0.2, 0.25) is 0 Å². The number of hydrogen-bond acceptors (Lipinski definition) is 2. The minimum atomic E-state index is -0.176. The third-order valence-corrected chi connectivity index (χ3v) is 3.80. The first-order valence-corrected chi connectivity index (χ1v) is 6.72. The van der Waals surface area contributed by atoms with Crippen molar-refractivity contribution in [2.45, 2.75) is 31.8 Å². The third kappa shape index (κ3) is 2.38. The van der Waals surface area contributed by atoms with Crippen molar-refractivity contribution in [1.29, 1.82) is 0 Å². The van der Waals surface area contributed by atoms with Crippen LogP contribution in [0.4, 0.5) is 4.39 Å². The van der Waals surface area contributed by atoms with Gasteiger partial charge in [0.15, 0.2) is 0 Å². The minimum Gasteiger partial charge on any atom is -0.303 e. The summed E-state index contributed by atoms with van der Waals surface area (Å²) >= 11 is 0. The highest BCUT2D eigenvalue weighted by Gasteiger charge is 2.26. The number of rotatable bonds is 2. The Kier molecular flexibility index (Phi) is 3.30. The summed E-state index contributed by atoms with van der Waals surface area (Å²) in [6.45, 7) is 2.17. The molecule has 2 aromatic rings. The molecule has 2 nitrogen and oxygen atoms in total. The van der Waals surface area contributed by atoms with Crippen molar-refractivity contribution in [1.82, 2.24) is 10.3 Å². The summed E-state index contributed by atoms with van der Waals surface area (Å²) in [5, 5.41) is 3.60. The van der Waals surface area contributed by atoms with E-state index in [0.717, 1.165) is 24.0 Å². The monoisotopic (exact) mass is 256 g/mol. The molecule has 3 rings (SSSR count). The lowest BCUT2D eigenvalue weighted by molar-refractivity contribution is 0.425. The van der Waals surface area contributed by atoms with Crippen molar-refractivity contribution in [3.63, 3.8) is 0 Å². The summed E-state index contributed by atoms with van der Waals surface area (Å²) in [5.41, 5.74) is 3.37. The molecule has 1 aliphatic rings. The molecule has 1 aromatic carbocycles. The van der Waals surface area contributed by atoms with Crippen molar-refractivity contribution < 1.29 is 4.39 Å². The van der Waals surface area contributed by atoms with Gasteiger partial charge in [-0.2, -0.15) is 0 Å². The number of aromatic nitrogens is 1. The maximum Gasteiger partial charge on any atom is 0.123 e. The molecule has 0 spiro atoms. The first-order valence-electron chi connectivity index (χ1n) is 6.72. The maximum absolute atomic E-state index is 13.5. The van der Waals surface area contributed by atoms with Crippen molar-refractivity contribution in [2.24, 2.45) is 0 Å². The van der Waals surface area contributed by atoms with E-state index in [1.165, 1.54) is 5.56 Å². The molecule has 2 atom stereocenters. The van der Waals surface area contributed by atoms with Gasteiger partial charge in [0.25, 0.3) is 0 Å². The van der Waals surface area contributed by atoms with E-state index in [1.807, 2.05) is 24.4 Å². The minimum absolute atomic E-state index is 0.0399. The Morgan fingerprint density at radius 2 is 2.26 bits per heavy atom. The van der Waals surface area contributed by atoms with Gasteiger partial charge in [-0.1, -0.05) is 19.1 Å². The van der Waals surface area contributed by atoms with Crippen LogP contribution in [0.5, 0.6) is 0 Å². The normalized spacial score (nSPS) is 22.0. The van der Waals surface area contributed by atoms with Crippen LogP contribution in [-0.4, -0.2) is 11.0 Å². The predicted molar refractivity (Wildman–Crippen MR) is 73.4 cm³/mol. The first kappa shape index (κ1) is 12.3. The van der Waals surface area contributed by atoms with E-state index in [1.54, 1.807) is 18.3 Å². The van der Waals surface area contributed by atoms with Crippen LogP contribution in [0.25, 0.3) is 0 Å². The molecule has 19 heavy (non-hydrogen) atoms. The van der Waals surface area contributed by atoms with Crippen LogP contribution in [0, 0.1) is 5.82 Å². The van der Waals surface area contributed by atoms with Crippen LogP contribution >= 0.6 is 0 Å². The van der Waals surface area contributed by atoms with Crippen molar-refractivity contribution in [2.75, 3.05) is 0 Å². The van der Waals surface area contributed by atoms with Gasteiger partial charge in [0.1, 0.15) is 5.82 Å². The highest BCUT2D eigenvalue weighted by molar-refractivity contribution is 5.39. The zero-order chi connectivity index (χ0) is 13.2. The van der Waals surface area contributed by atoms with Gasteiger partial charge in [0, 0.05) is 18.4 Å². The van der Waals surface area contributed by atoms with E-state index in [0.29, 0.717) is 6.04 Å². The number of halogens is 1. The van der Waals surface area contributed by atoms with Crippen LogP contribution in [0.3, 0.4) is 0 Å². The molecule has 0 bridgehead atoms. The second kappa shape index (κ2) is 5.10. The molecule has 0 amide bonds. The zero-order valence-electron chi connectivity index (χ0n) is 10.9. The van der Waals surface area contributed by atoms with E-state index < -0.39 is 0 Å². The van der Waals surface area contributed by atoms with E-state index in [2.05, 4.69) is 17.2 Å². The average molecular weight is 256 g/mol. The number of nitrogens with zero attached hydrogens (tertiary/aromatic N) is 1. The summed E-state index contributed by atoms with van der Waals surface area (Å²) < 4.78 is 13.5. The molecule has 2 unspecified atom stereocenters. The van der Waals surface area contributed by atoms with Gasteiger partial charge in [-0.25, -0.2) is 4.39 Å². The Hall–Kier alpha value is -1.74. The van der Waals surface area contributed by atoms with Crippen molar-refractivity contribution in [3.05, 3.63) is 65.2 Å². The number of pyridine rings is 1. The summed E-state index contributed by atoms with van der Waals surface area (Å²) in [6, 6.07) is 9.55. The largest absolute Gasteiger partial charge is 0.303 e. The van der Waals surface area contributed by atoms with E-state index in [-0.39, 0.29) is 11.9 Å². The van der Waals surface area contributed by atoms with E-state index in [4.69, 9.17) is 0 Å². The lowest BCUT2D eigenvalue weighted by Gasteiger charge is -2.33. The molecule has 0 fully saturated rings. The Labute approximate surface area is 112 Å². The standard InChI is InChI=1S/C16H17FN2/c1-2-14-8-11-5-6-13(17)9-15(11)16(19-14)12-4-3-7-18-10-12/h3-7,9-10,14,16,19H,2,8H2,1H3. The van der Waals surface area contributed by atoms with Gasteiger partial charge >= 0.3 is 0 Å². The molecule has 3 heteroatoms. The van der Waals surface area contributed by atoms with E-state index >= 15 is 0 Å². The number of benzene rings is 1. The fourth-order valence-electron chi connectivity index (χ4n) is 2.75. The Morgan fingerprint density at radius 3 is 3.00 bits per heavy atom. The summed E-state index contributed by atoms with van der Waals surface area (Å²) in [6.07, 6.45) is 5.64. The highest BCUT2D eigenvalue weighted by atomic mass is 19.1. The lowest BCUT2D eigenvalue weighted by Crippen LogP contribution is -2.39. The second-order valence-corrected chi connectivity index (χ2v) is 5.04. The molecule has 0 saturated carbocycles. The molecule has 2 heterocycles. The van der Waals surface area contributed by atoms with Gasteiger partial charge in [-0.05, 0) is 47.7 Å². The molecular formula is C16H17FN2. The SMILES string of the molecule is CCC1Cc2ccc(F)cc2C(c2cccnc2)N1. The van der Waals surface area contributed by atoms with Crippen LogP contribution < -0.4 is 5.32 Å². The molecule has 1 N–H and O–H groups in total. The Bertz CT molecular complexity index is 568. The molecule has 0 radical (unpaired) electrons. The molecule has 1 aliphatic heterocycles. The van der Waals surface area contributed by atoms with Crippen molar-refractivity contribution in [3.8, 4) is 0 Å². The Morgan fingerprint density at radius 1 is 1.37 bits per heavy atom. The fourth-order valence-corrected chi connectivity index (χ4v) is 2.75. The molecule has 0 saturated heterocycles. The highest BCUT2D eigenvalue weighted by Crippen LogP contribution is 2.31. The average Bonchev–Trinajstić information content (AvgIpc) is 2.47. The molecule has 1 aromatic heterocycles. The number of hydrogen-bond donors (Lipinski definition) is 1. The lowest BCUT2D eigenvalue weighted by atomic mass is 9.86. The maximum atomic E-state index is 13.5. The van der Waals surface area contributed by atoms with Crippen LogP contribution in [0.15, 0.2) is 42.7 Å². The summed E-state index contributed by atoms with van der Waals surface area (Å²) in [5.74, 6) is -0.176. The quantitative estimate of drug-likeness (QED) is 0.892. The van der Waals surface area contributed by atoms with Gasteiger partial charge < -0.3 is 5.32 Å². The van der Waals surface area contributed by atoms with Gasteiger partial charge in [-0.15, -0.1) is 0 Å². The molecular weight excluding hydrogens is 239 g/mol. The van der Waals surface area contributed by atoms with Crippen LogP contribution in [-0.2, 0) is 6.42 Å². The molecule has 0 aliphatic carbocycles. The summed E-state index contributed by atoms with van der Waals surface area (Å²) in [4.78, 5) is 4.17. The van der Waals surface area contributed by atoms with E-state index in [9.17, 15) is 4.39 Å². The topological polar surface area (TPSA) is 24.9 Å². The third-order valence-electron chi connectivity index (χ3n) is 3.80. The van der Waals surface area contributed by atoms with Gasteiger partial charge in [0.05, 0.1) is 6.04 Å².